The van der Waals surface area contributed by atoms with Gasteiger partial charge in [0.05, 0.1) is 0 Å². The summed E-state index contributed by atoms with van der Waals surface area (Å²) in [6.07, 6.45) is 2.77. The molecule has 3 rings (SSSR count). The van der Waals surface area contributed by atoms with Crippen LogP contribution in [0.2, 0.25) is 0 Å². The van der Waals surface area contributed by atoms with E-state index < -0.39 is 0 Å². The van der Waals surface area contributed by atoms with Crippen molar-refractivity contribution >= 4 is 0 Å². The maximum atomic E-state index is 4.09. The van der Waals surface area contributed by atoms with Crippen LogP contribution in [0.15, 0.2) is 12.2 Å². The molecule has 0 aromatic carbocycles. The Morgan fingerprint density at radius 3 is 3.18 bits per heavy atom. The van der Waals surface area contributed by atoms with Crippen LogP contribution in [0, 0.1) is 11.8 Å². The third-order valence-corrected chi connectivity index (χ3v) is 3.92. The van der Waals surface area contributed by atoms with Crippen LogP contribution < -0.4 is 0 Å². The molecule has 0 spiro atoms. The maximum Gasteiger partial charge on any atom is 0.0253 e. The fourth-order valence-electron chi connectivity index (χ4n) is 3.26. The third kappa shape index (κ3) is 0.610. The van der Waals surface area contributed by atoms with Gasteiger partial charge in [-0.05, 0) is 31.6 Å². The van der Waals surface area contributed by atoms with Gasteiger partial charge in [0.1, 0.15) is 0 Å². The fraction of sp³-hybridized carbons (Fsp3) is 0.800. The first kappa shape index (κ1) is 6.24. The number of rotatable bonds is 0. The van der Waals surface area contributed by atoms with Crippen LogP contribution in [0.3, 0.4) is 0 Å². The molecule has 11 heavy (non-hydrogen) atoms. The number of hydrogen-bond acceptors (Lipinski definition) is 1. The Kier molecular flexibility index (Phi) is 0.885. The van der Waals surface area contributed by atoms with Gasteiger partial charge in [0.15, 0.2) is 0 Å². The lowest BCUT2D eigenvalue weighted by Gasteiger charge is -2.29. The van der Waals surface area contributed by atoms with Crippen LogP contribution in [-0.4, -0.2) is 23.5 Å². The van der Waals surface area contributed by atoms with E-state index in [9.17, 15) is 0 Å². The summed E-state index contributed by atoms with van der Waals surface area (Å²) in [7, 11) is 0. The Morgan fingerprint density at radius 1 is 1.64 bits per heavy atom. The van der Waals surface area contributed by atoms with Gasteiger partial charge in [0.25, 0.3) is 0 Å². The van der Waals surface area contributed by atoms with Crippen molar-refractivity contribution in [1.29, 1.82) is 0 Å². The Hall–Kier alpha value is -0.300. The SMILES string of the molecule is C=C1CN2C[C@@H]3C[C@@H]3[C@]2(C)C1. The quantitative estimate of drug-likeness (QED) is 0.473. The molecule has 1 heteroatoms. The number of hydrogen-bond donors (Lipinski definition) is 0. The van der Waals surface area contributed by atoms with Crippen LogP contribution in [0.5, 0.6) is 0 Å². The van der Waals surface area contributed by atoms with E-state index in [2.05, 4.69) is 18.4 Å². The summed E-state index contributed by atoms with van der Waals surface area (Å²) in [6.45, 7) is 9.07. The van der Waals surface area contributed by atoms with Crippen molar-refractivity contribution in [2.24, 2.45) is 11.8 Å². The maximum absolute atomic E-state index is 4.09. The first-order chi connectivity index (χ1) is 5.20. The van der Waals surface area contributed by atoms with Crippen molar-refractivity contribution in [3.05, 3.63) is 12.2 Å². The van der Waals surface area contributed by atoms with Gasteiger partial charge in [-0.15, -0.1) is 0 Å². The van der Waals surface area contributed by atoms with E-state index in [1.807, 2.05) is 0 Å². The molecule has 0 aromatic rings. The molecular weight excluding hydrogens is 134 g/mol. The minimum atomic E-state index is 0.543. The Morgan fingerprint density at radius 2 is 2.45 bits per heavy atom. The lowest BCUT2D eigenvalue weighted by molar-refractivity contribution is 0.179. The molecule has 0 bridgehead atoms. The van der Waals surface area contributed by atoms with E-state index >= 15 is 0 Å². The monoisotopic (exact) mass is 149 g/mol. The zero-order chi connectivity index (χ0) is 7.64. The van der Waals surface area contributed by atoms with E-state index in [1.165, 1.54) is 31.5 Å². The average molecular weight is 149 g/mol. The number of piperidine rings is 1. The zero-order valence-electron chi connectivity index (χ0n) is 7.14. The molecule has 3 atom stereocenters. The average Bonchev–Trinajstić information content (AvgIpc) is 2.52. The summed E-state index contributed by atoms with van der Waals surface area (Å²) < 4.78 is 0. The molecular formula is C10H15N. The van der Waals surface area contributed by atoms with Crippen molar-refractivity contribution in [3.63, 3.8) is 0 Å². The van der Waals surface area contributed by atoms with Crippen LogP contribution in [0.4, 0.5) is 0 Å². The molecule has 1 nitrogen and oxygen atoms in total. The molecule has 0 aromatic heterocycles. The Labute approximate surface area is 68.1 Å². The normalized spacial score (nSPS) is 54.5. The molecule has 1 saturated carbocycles. The predicted molar refractivity (Wildman–Crippen MR) is 45.3 cm³/mol. The minimum absolute atomic E-state index is 0.543. The molecule has 3 aliphatic rings. The standard InChI is InChI=1S/C10H15N/c1-7-4-10(2)9-3-8(9)6-11(10)5-7/h8-9H,1,3-6H2,2H3/t8-,9-,10-/m0/s1. The summed E-state index contributed by atoms with van der Waals surface area (Å²) >= 11 is 0. The smallest absolute Gasteiger partial charge is 0.0253 e. The third-order valence-electron chi connectivity index (χ3n) is 3.92. The van der Waals surface area contributed by atoms with Gasteiger partial charge >= 0.3 is 0 Å². The predicted octanol–water partition coefficient (Wildman–Crippen LogP) is 1.66. The van der Waals surface area contributed by atoms with Crippen LogP contribution in [0.25, 0.3) is 0 Å². The van der Waals surface area contributed by atoms with Gasteiger partial charge < -0.3 is 0 Å². The van der Waals surface area contributed by atoms with Crippen LogP contribution in [0.1, 0.15) is 19.8 Å². The summed E-state index contributed by atoms with van der Waals surface area (Å²) in [6, 6.07) is 0. The van der Waals surface area contributed by atoms with Crippen molar-refractivity contribution in [1.82, 2.24) is 4.90 Å². The summed E-state index contributed by atoms with van der Waals surface area (Å²) in [5, 5.41) is 0. The highest BCUT2D eigenvalue weighted by atomic mass is 15.3. The van der Waals surface area contributed by atoms with E-state index in [1.54, 1.807) is 0 Å². The highest BCUT2D eigenvalue weighted by molar-refractivity contribution is 5.24. The molecule has 0 amide bonds. The second-order valence-corrected chi connectivity index (χ2v) is 4.77. The van der Waals surface area contributed by atoms with Crippen LogP contribution in [-0.2, 0) is 0 Å². The van der Waals surface area contributed by atoms with Crippen molar-refractivity contribution in [2.75, 3.05) is 13.1 Å². The first-order valence-corrected chi connectivity index (χ1v) is 4.62. The first-order valence-electron chi connectivity index (χ1n) is 4.62. The summed E-state index contributed by atoms with van der Waals surface area (Å²) in [5.41, 5.74) is 2.00. The molecule has 0 unspecified atom stereocenters. The van der Waals surface area contributed by atoms with E-state index in [4.69, 9.17) is 0 Å². The lowest BCUT2D eigenvalue weighted by atomic mass is 9.93. The molecule has 1 aliphatic carbocycles. The van der Waals surface area contributed by atoms with Gasteiger partial charge in [-0.3, -0.25) is 4.90 Å². The zero-order valence-corrected chi connectivity index (χ0v) is 7.14. The topological polar surface area (TPSA) is 3.24 Å². The summed E-state index contributed by atoms with van der Waals surface area (Å²) in [5.74, 6) is 2.09. The van der Waals surface area contributed by atoms with E-state index in [0.29, 0.717) is 5.54 Å². The van der Waals surface area contributed by atoms with Crippen LogP contribution >= 0.6 is 0 Å². The highest BCUT2D eigenvalue weighted by Gasteiger charge is 2.61. The molecule has 2 saturated heterocycles. The number of nitrogens with zero attached hydrogens (tertiary/aromatic N) is 1. The van der Waals surface area contributed by atoms with E-state index in [0.717, 1.165) is 11.8 Å². The van der Waals surface area contributed by atoms with Gasteiger partial charge in [-0.25, -0.2) is 0 Å². The molecule has 0 N–H and O–H groups in total. The Bertz CT molecular complexity index is 233. The fourth-order valence-corrected chi connectivity index (χ4v) is 3.26. The minimum Gasteiger partial charge on any atom is -0.293 e. The number of fused-ring (bicyclic) bond motifs is 3. The highest BCUT2D eigenvalue weighted by Crippen LogP contribution is 2.59. The van der Waals surface area contributed by atoms with Gasteiger partial charge in [0.2, 0.25) is 0 Å². The van der Waals surface area contributed by atoms with Gasteiger partial charge in [0, 0.05) is 18.6 Å². The molecule has 60 valence electrons. The summed E-state index contributed by atoms with van der Waals surface area (Å²) in [4.78, 5) is 2.65. The molecule has 3 fully saturated rings. The molecule has 2 heterocycles. The second-order valence-electron chi connectivity index (χ2n) is 4.77. The molecule has 0 radical (unpaired) electrons. The lowest BCUT2D eigenvalue weighted by Crippen LogP contribution is -2.38. The second kappa shape index (κ2) is 1.56. The van der Waals surface area contributed by atoms with Crippen molar-refractivity contribution < 1.29 is 0 Å². The van der Waals surface area contributed by atoms with Gasteiger partial charge in [-0.2, -0.15) is 0 Å². The van der Waals surface area contributed by atoms with E-state index in [-0.39, 0.29) is 0 Å². The van der Waals surface area contributed by atoms with Crippen molar-refractivity contribution in [2.45, 2.75) is 25.3 Å². The molecule has 2 aliphatic heterocycles. The van der Waals surface area contributed by atoms with Gasteiger partial charge in [-0.1, -0.05) is 12.2 Å². The van der Waals surface area contributed by atoms with Crippen molar-refractivity contribution in [3.8, 4) is 0 Å². The Balaban J connectivity index is 1.98. The largest absolute Gasteiger partial charge is 0.293 e.